The van der Waals surface area contributed by atoms with E-state index in [1.165, 1.54) is 17.0 Å². The SMILES string of the molecule is Cc1ccc(C)c(N(CC(=O)N(Cc2cccc(Cl)c2)C(C)C(=O)NCC(C)C)S(=O)(=O)c2ccccc2)c1. The topological polar surface area (TPSA) is 86.8 Å². The Balaban J connectivity index is 2.04. The fourth-order valence-corrected chi connectivity index (χ4v) is 5.79. The summed E-state index contributed by atoms with van der Waals surface area (Å²) in [6, 6.07) is 19.7. The van der Waals surface area contributed by atoms with E-state index in [9.17, 15) is 18.0 Å². The van der Waals surface area contributed by atoms with Crippen LogP contribution in [0.5, 0.6) is 0 Å². The number of carbonyl (C=O) groups is 2. The molecule has 0 aliphatic carbocycles. The van der Waals surface area contributed by atoms with Gasteiger partial charge in [-0.25, -0.2) is 8.42 Å². The van der Waals surface area contributed by atoms with Crippen LogP contribution in [0.4, 0.5) is 5.69 Å². The van der Waals surface area contributed by atoms with E-state index in [0.717, 1.165) is 15.4 Å². The number of nitrogens with zero attached hydrogens (tertiary/aromatic N) is 2. The molecule has 7 nitrogen and oxygen atoms in total. The average molecular weight is 570 g/mol. The second-order valence-corrected chi connectivity index (χ2v) is 12.4. The summed E-state index contributed by atoms with van der Waals surface area (Å²) < 4.78 is 28.9. The second kappa shape index (κ2) is 13.1. The van der Waals surface area contributed by atoms with Gasteiger partial charge in [-0.3, -0.25) is 13.9 Å². The molecule has 1 unspecified atom stereocenters. The van der Waals surface area contributed by atoms with E-state index in [4.69, 9.17) is 11.6 Å². The van der Waals surface area contributed by atoms with Crippen molar-refractivity contribution in [2.45, 2.75) is 52.1 Å². The number of rotatable bonds is 11. The molecule has 0 radical (unpaired) electrons. The van der Waals surface area contributed by atoms with E-state index in [-0.39, 0.29) is 23.3 Å². The molecule has 0 saturated heterocycles. The van der Waals surface area contributed by atoms with Crippen molar-refractivity contribution < 1.29 is 18.0 Å². The number of hydrogen-bond acceptors (Lipinski definition) is 4. The van der Waals surface area contributed by atoms with E-state index in [2.05, 4.69) is 5.32 Å². The first-order valence-corrected chi connectivity index (χ1v) is 14.7. The van der Waals surface area contributed by atoms with Gasteiger partial charge in [0.1, 0.15) is 12.6 Å². The Morgan fingerprint density at radius 2 is 1.62 bits per heavy atom. The third kappa shape index (κ3) is 7.83. The number of sulfonamides is 1. The Morgan fingerprint density at radius 1 is 0.923 bits per heavy atom. The van der Waals surface area contributed by atoms with Gasteiger partial charge in [0.05, 0.1) is 10.6 Å². The number of aryl methyl sites for hydroxylation is 2. The maximum absolute atomic E-state index is 14.0. The third-order valence-corrected chi connectivity index (χ3v) is 8.35. The van der Waals surface area contributed by atoms with Gasteiger partial charge < -0.3 is 10.2 Å². The van der Waals surface area contributed by atoms with Crippen LogP contribution in [0, 0.1) is 19.8 Å². The quantitative estimate of drug-likeness (QED) is 0.338. The lowest BCUT2D eigenvalue weighted by atomic mass is 10.1. The van der Waals surface area contributed by atoms with Crippen LogP contribution in [0.3, 0.4) is 0 Å². The molecular weight excluding hydrogens is 534 g/mol. The monoisotopic (exact) mass is 569 g/mol. The maximum atomic E-state index is 14.0. The number of halogens is 1. The van der Waals surface area contributed by atoms with Gasteiger partial charge in [0, 0.05) is 18.1 Å². The molecule has 3 aromatic carbocycles. The largest absolute Gasteiger partial charge is 0.354 e. The predicted molar refractivity (Wildman–Crippen MR) is 156 cm³/mol. The molecule has 0 aliphatic heterocycles. The Labute approximate surface area is 236 Å². The first-order chi connectivity index (χ1) is 18.4. The first-order valence-electron chi connectivity index (χ1n) is 12.9. The van der Waals surface area contributed by atoms with Crippen molar-refractivity contribution in [3.05, 3.63) is 94.5 Å². The van der Waals surface area contributed by atoms with Crippen molar-refractivity contribution in [2.75, 3.05) is 17.4 Å². The van der Waals surface area contributed by atoms with Gasteiger partial charge in [-0.1, -0.05) is 67.9 Å². The molecule has 2 amide bonds. The number of anilines is 1. The van der Waals surface area contributed by atoms with E-state index in [0.29, 0.717) is 22.8 Å². The lowest BCUT2D eigenvalue weighted by Gasteiger charge is -2.32. The van der Waals surface area contributed by atoms with Crippen LogP contribution in [-0.2, 0) is 26.2 Å². The van der Waals surface area contributed by atoms with Gasteiger partial charge >= 0.3 is 0 Å². The van der Waals surface area contributed by atoms with E-state index >= 15 is 0 Å². The van der Waals surface area contributed by atoms with Gasteiger partial charge in [0.25, 0.3) is 10.0 Å². The minimum Gasteiger partial charge on any atom is -0.354 e. The molecule has 3 aromatic rings. The Bertz CT molecular complexity index is 1410. The van der Waals surface area contributed by atoms with Gasteiger partial charge in [-0.2, -0.15) is 0 Å². The number of nitrogens with one attached hydrogen (secondary N) is 1. The molecule has 208 valence electrons. The highest BCUT2D eigenvalue weighted by Gasteiger charge is 2.33. The summed E-state index contributed by atoms with van der Waals surface area (Å²) >= 11 is 6.19. The highest BCUT2D eigenvalue weighted by atomic mass is 35.5. The van der Waals surface area contributed by atoms with Crippen LogP contribution in [0.2, 0.25) is 5.02 Å². The van der Waals surface area contributed by atoms with Gasteiger partial charge in [-0.15, -0.1) is 0 Å². The Hall–Kier alpha value is -3.36. The van der Waals surface area contributed by atoms with Crippen LogP contribution in [0.1, 0.15) is 37.5 Å². The molecule has 0 aromatic heterocycles. The maximum Gasteiger partial charge on any atom is 0.264 e. The van der Waals surface area contributed by atoms with E-state index < -0.39 is 28.5 Å². The average Bonchev–Trinajstić information content (AvgIpc) is 2.90. The zero-order valence-corrected chi connectivity index (χ0v) is 24.6. The summed E-state index contributed by atoms with van der Waals surface area (Å²) in [6.45, 7) is 9.34. The van der Waals surface area contributed by atoms with Crippen molar-refractivity contribution in [1.82, 2.24) is 10.2 Å². The second-order valence-electron chi connectivity index (χ2n) is 10.1. The van der Waals surface area contributed by atoms with Crippen molar-refractivity contribution in [3.63, 3.8) is 0 Å². The van der Waals surface area contributed by atoms with Gasteiger partial charge in [0.15, 0.2) is 0 Å². The van der Waals surface area contributed by atoms with E-state index in [1.54, 1.807) is 56.3 Å². The minimum absolute atomic E-state index is 0.0721. The normalized spacial score (nSPS) is 12.2. The molecule has 0 spiro atoms. The molecule has 0 heterocycles. The van der Waals surface area contributed by atoms with Crippen LogP contribution in [0.15, 0.2) is 77.7 Å². The number of hydrogen-bond donors (Lipinski definition) is 1. The third-order valence-electron chi connectivity index (χ3n) is 6.34. The van der Waals surface area contributed by atoms with Gasteiger partial charge in [-0.05, 0) is 73.7 Å². The van der Waals surface area contributed by atoms with Crippen LogP contribution in [0.25, 0.3) is 0 Å². The zero-order chi connectivity index (χ0) is 28.7. The Morgan fingerprint density at radius 3 is 2.26 bits per heavy atom. The molecular formula is C30H36ClN3O4S. The number of benzene rings is 3. The summed E-state index contributed by atoms with van der Waals surface area (Å²) in [5.41, 5.74) is 2.70. The molecule has 1 atom stereocenters. The lowest BCUT2D eigenvalue weighted by Crippen LogP contribution is -2.51. The summed E-state index contributed by atoms with van der Waals surface area (Å²) in [6.07, 6.45) is 0. The molecule has 3 rings (SSSR count). The first kappa shape index (κ1) is 30.2. The van der Waals surface area contributed by atoms with Gasteiger partial charge in [0.2, 0.25) is 11.8 Å². The number of carbonyl (C=O) groups excluding carboxylic acids is 2. The van der Waals surface area contributed by atoms with Crippen molar-refractivity contribution in [1.29, 1.82) is 0 Å². The summed E-state index contributed by atoms with van der Waals surface area (Å²) in [7, 11) is -4.10. The van der Waals surface area contributed by atoms with Crippen molar-refractivity contribution in [3.8, 4) is 0 Å². The minimum atomic E-state index is -4.10. The molecule has 1 N–H and O–H groups in total. The van der Waals surface area contributed by atoms with E-state index in [1.807, 2.05) is 39.0 Å². The lowest BCUT2D eigenvalue weighted by molar-refractivity contribution is -0.139. The zero-order valence-electron chi connectivity index (χ0n) is 23.0. The van der Waals surface area contributed by atoms with Crippen LogP contribution >= 0.6 is 11.6 Å². The van der Waals surface area contributed by atoms with Crippen molar-refractivity contribution in [2.24, 2.45) is 5.92 Å². The highest BCUT2D eigenvalue weighted by Crippen LogP contribution is 2.28. The fraction of sp³-hybridized carbons (Fsp3) is 0.333. The highest BCUT2D eigenvalue weighted by molar-refractivity contribution is 7.92. The predicted octanol–water partition coefficient (Wildman–Crippen LogP) is 5.34. The molecule has 9 heteroatoms. The standard InChI is InChI=1S/C30H36ClN3O4S/c1-21(2)18-32-30(36)24(5)33(19-25-10-9-11-26(31)17-25)29(35)20-34(28-16-22(3)14-15-23(28)4)39(37,38)27-12-7-6-8-13-27/h6-17,21,24H,18-20H2,1-5H3,(H,32,36). The fourth-order valence-electron chi connectivity index (χ4n) is 4.09. The number of amides is 2. The summed E-state index contributed by atoms with van der Waals surface area (Å²) in [4.78, 5) is 28.5. The molecule has 39 heavy (non-hydrogen) atoms. The molecule has 0 bridgehead atoms. The Kier molecular flexibility index (Phi) is 10.2. The van der Waals surface area contributed by atoms with Crippen molar-refractivity contribution >= 4 is 39.1 Å². The summed E-state index contributed by atoms with van der Waals surface area (Å²) in [5, 5.41) is 3.38. The van der Waals surface area contributed by atoms with Crippen LogP contribution in [-0.4, -0.2) is 44.3 Å². The van der Waals surface area contributed by atoms with Crippen LogP contribution < -0.4 is 9.62 Å². The molecule has 0 aliphatic rings. The molecule has 0 saturated carbocycles. The summed E-state index contributed by atoms with van der Waals surface area (Å²) in [5.74, 6) is -0.597. The smallest absolute Gasteiger partial charge is 0.264 e. The molecule has 0 fully saturated rings.